The van der Waals surface area contributed by atoms with E-state index in [0.29, 0.717) is 16.9 Å². The van der Waals surface area contributed by atoms with Crippen molar-refractivity contribution in [3.8, 4) is 0 Å². The van der Waals surface area contributed by atoms with Gasteiger partial charge in [-0.05, 0) is 74.8 Å². The third-order valence-electron chi connectivity index (χ3n) is 7.26. The number of thiocarbonyl (C=S) groups is 1. The summed E-state index contributed by atoms with van der Waals surface area (Å²) in [5.74, 6) is 0.244. The molecule has 1 aromatic carbocycles. The zero-order valence-corrected chi connectivity index (χ0v) is 17.5. The average molecular weight is 414 g/mol. The summed E-state index contributed by atoms with van der Waals surface area (Å²) in [7, 11) is 0. The van der Waals surface area contributed by atoms with Crippen molar-refractivity contribution in [2.24, 2.45) is 11.8 Å². The van der Waals surface area contributed by atoms with Gasteiger partial charge in [0.2, 0.25) is 0 Å². The van der Waals surface area contributed by atoms with Gasteiger partial charge in [-0.15, -0.1) is 0 Å². The molecule has 3 fully saturated rings. The quantitative estimate of drug-likeness (QED) is 0.562. The van der Waals surface area contributed by atoms with Crippen molar-refractivity contribution in [3.63, 3.8) is 0 Å². The standard InChI is InChI=1S/C23H28FN3OS/c24-19-8-2-1-7-18(19)22(28)25-23(29)27-11-5-6-15-12-16-13-17(21(15)27)14-26-10-4-3-9-20(16)26/h1-2,7-8,12,16-17,20-21H,3-6,9-11,13-14H2,(H,25,28,29)/t16-,17+,20+,21+/m0/s1. The molecule has 0 saturated carbocycles. The van der Waals surface area contributed by atoms with Gasteiger partial charge in [-0.2, -0.15) is 0 Å². The number of carbonyl (C=O) groups is 1. The van der Waals surface area contributed by atoms with Crippen LogP contribution in [0.1, 0.15) is 48.9 Å². The van der Waals surface area contributed by atoms with Crippen LogP contribution in [0.25, 0.3) is 0 Å². The third-order valence-corrected chi connectivity index (χ3v) is 7.59. The van der Waals surface area contributed by atoms with E-state index in [-0.39, 0.29) is 11.6 Å². The minimum absolute atomic E-state index is 0.0418. The van der Waals surface area contributed by atoms with E-state index in [9.17, 15) is 9.18 Å². The second-order valence-corrected chi connectivity index (χ2v) is 9.33. The Bertz CT molecular complexity index is 856. The molecule has 154 valence electrons. The Kier molecular flexibility index (Phi) is 5.16. The number of carbonyl (C=O) groups excluding carboxylic acids is 1. The molecule has 3 saturated heterocycles. The maximum Gasteiger partial charge on any atom is 0.260 e. The lowest BCUT2D eigenvalue weighted by atomic mass is 9.68. The number of benzene rings is 1. The molecule has 4 aliphatic rings. The lowest BCUT2D eigenvalue weighted by Gasteiger charge is -2.55. The summed E-state index contributed by atoms with van der Waals surface area (Å²) >= 11 is 5.66. The first-order valence-corrected chi connectivity index (χ1v) is 11.3. The van der Waals surface area contributed by atoms with Crippen LogP contribution in [0.5, 0.6) is 0 Å². The number of nitrogens with zero attached hydrogens (tertiary/aromatic N) is 2. The highest BCUT2D eigenvalue weighted by Crippen LogP contribution is 2.45. The van der Waals surface area contributed by atoms with E-state index in [4.69, 9.17) is 12.2 Å². The number of piperidine rings is 3. The Hall–Kier alpha value is -1.79. The molecule has 5 rings (SSSR count). The summed E-state index contributed by atoms with van der Waals surface area (Å²) in [5, 5.41) is 3.25. The Morgan fingerprint density at radius 1 is 1.17 bits per heavy atom. The fourth-order valence-corrected chi connectivity index (χ4v) is 6.38. The number of hydrogen-bond donors (Lipinski definition) is 1. The van der Waals surface area contributed by atoms with Crippen molar-refractivity contribution < 1.29 is 9.18 Å². The van der Waals surface area contributed by atoms with Crippen molar-refractivity contribution >= 4 is 23.2 Å². The van der Waals surface area contributed by atoms with Crippen LogP contribution in [0.3, 0.4) is 0 Å². The lowest BCUT2D eigenvalue weighted by Crippen LogP contribution is -2.61. The van der Waals surface area contributed by atoms with Gasteiger partial charge in [-0.1, -0.05) is 30.2 Å². The van der Waals surface area contributed by atoms with E-state index in [1.54, 1.807) is 12.1 Å². The van der Waals surface area contributed by atoms with Gasteiger partial charge in [-0.25, -0.2) is 4.39 Å². The summed E-state index contributed by atoms with van der Waals surface area (Å²) in [5.41, 5.74) is 1.55. The Morgan fingerprint density at radius 2 is 2.03 bits per heavy atom. The number of amides is 1. The summed E-state index contributed by atoms with van der Waals surface area (Å²) in [6.07, 6.45) is 9.92. The second kappa shape index (κ2) is 7.80. The Labute approximate surface area is 177 Å². The number of halogens is 1. The Morgan fingerprint density at radius 3 is 2.90 bits per heavy atom. The van der Waals surface area contributed by atoms with Crippen LogP contribution in [-0.4, -0.2) is 52.5 Å². The Balaban J connectivity index is 1.36. The SMILES string of the molecule is O=C(NC(=S)N1CCCC2=C[C@H]3C[C@H](CN4CCCC[C@H]34)[C@@H]21)c1ccccc1F. The van der Waals surface area contributed by atoms with Crippen molar-refractivity contribution in [2.75, 3.05) is 19.6 Å². The number of nitrogens with one attached hydrogen (secondary N) is 1. The van der Waals surface area contributed by atoms with E-state index in [2.05, 4.69) is 21.2 Å². The first-order valence-electron chi connectivity index (χ1n) is 10.9. The second-order valence-electron chi connectivity index (χ2n) is 8.94. The third kappa shape index (κ3) is 3.50. The topological polar surface area (TPSA) is 35.6 Å². The number of hydrogen-bond acceptors (Lipinski definition) is 3. The van der Waals surface area contributed by atoms with Gasteiger partial charge >= 0.3 is 0 Å². The predicted octanol–water partition coefficient (Wildman–Crippen LogP) is 3.74. The van der Waals surface area contributed by atoms with Gasteiger partial charge in [0.25, 0.3) is 5.91 Å². The normalized spacial score (nSPS) is 31.3. The molecule has 0 unspecified atom stereocenters. The summed E-state index contributed by atoms with van der Waals surface area (Å²) < 4.78 is 14.0. The van der Waals surface area contributed by atoms with E-state index < -0.39 is 11.7 Å². The largest absolute Gasteiger partial charge is 0.342 e. The van der Waals surface area contributed by atoms with Gasteiger partial charge in [0.15, 0.2) is 5.11 Å². The smallest absolute Gasteiger partial charge is 0.260 e. The molecule has 1 amide bonds. The molecule has 1 aromatic rings. The maximum absolute atomic E-state index is 14.0. The van der Waals surface area contributed by atoms with Crippen molar-refractivity contribution in [3.05, 3.63) is 47.3 Å². The first-order chi connectivity index (χ1) is 14.1. The number of fused-ring (bicyclic) bond motifs is 6. The van der Waals surface area contributed by atoms with Crippen molar-refractivity contribution in [2.45, 2.75) is 50.6 Å². The van der Waals surface area contributed by atoms with Crippen LogP contribution in [0.2, 0.25) is 0 Å². The van der Waals surface area contributed by atoms with Gasteiger partial charge in [-0.3, -0.25) is 15.0 Å². The maximum atomic E-state index is 14.0. The van der Waals surface area contributed by atoms with E-state index in [0.717, 1.165) is 32.0 Å². The van der Waals surface area contributed by atoms with Gasteiger partial charge in [0, 0.05) is 19.1 Å². The zero-order chi connectivity index (χ0) is 20.0. The molecule has 0 spiro atoms. The average Bonchev–Trinajstić information content (AvgIpc) is 2.73. The fraction of sp³-hybridized carbons (Fsp3) is 0.565. The van der Waals surface area contributed by atoms with Crippen LogP contribution in [0.4, 0.5) is 4.39 Å². The molecule has 2 bridgehead atoms. The lowest BCUT2D eigenvalue weighted by molar-refractivity contribution is 0.0127. The summed E-state index contributed by atoms with van der Waals surface area (Å²) in [4.78, 5) is 17.5. The highest BCUT2D eigenvalue weighted by molar-refractivity contribution is 7.80. The van der Waals surface area contributed by atoms with Gasteiger partial charge in [0.1, 0.15) is 5.82 Å². The molecule has 0 radical (unpaired) electrons. The van der Waals surface area contributed by atoms with E-state index in [1.807, 2.05) is 0 Å². The first kappa shape index (κ1) is 19.2. The van der Waals surface area contributed by atoms with Crippen LogP contribution in [0, 0.1) is 17.7 Å². The molecule has 1 aliphatic carbocycles. The predicted molar refractivity (Wildman–Crippen MR) is 115 cm³/mol. The highest BCUT2D eigenvalue weighted by atomic mass is 32.1. The van der Waals surface area contributed by atoms with E-state index >= 15 is 0 Å². The summed E-state index contributed by atoms with van der Waals surface area (Å²) in [6.45, 7) is 3.19. The van der Waals surface area contributed by atoms with Crippen LogP contribution in [0.15, 0.2) is 35.9 Å². The van der Waals surface area contributed by atoms with Crippen molar-refractivity contribution in [1.82, 2.24) is 15.1 Å². The molecular formula is C23H28FN3OS. The molecular weight excluding hydrogens is 385 g/mol. The molecule has 29 heavy (non-hydrogen) atoms. The molecule has 4 nitrogen and oxygen atoms in total. The monoisotopic (exact) mass is 413 g/mol. The van der Waals surface area contributed by atoms with Crippen molar-refractivity contribution in [1.29, 1.82) is 0 Å². The number of likely N-dealkylation sites (tertiary alicyclic amines) is 1. The molecule has 1 N–H and O–H groups in total. The van der Waals surface area contributed by atoms with Crippen LogP contribution < -0.4 is 5.32 Å². The molecule has 0 aromatic heterocycles. The van der Waals surface area contributed by atoms with Crippen LogP contribution >= 0.6 is 12.2 Å². The fourth-order valence-electron chi connectivity index (χ4n) is 6.08. The molecule has 4 atom stereocenters. The minimum Gasteiger partial charge on any atom is -0.342 e. The molecule has 3 aliphatic heterocycles. The zero-order valence-electron chi connectivity index (χ0n) is 16.6. The molecule has 6 heteroatoms. The number of rotatable bonds is 1. The highest BCUT2D eigenvalue weighted by Gasteiger charge is 2.46. The minimum atomic E-state index is -0.518. The van der Waals surface area contributed by atoms with Gasteiger partial charge in [0.05, 0.1) is 11.6 Å². The van der Waals surface area contributed by atoms with Gasteiger partial charge < -0.3 is 4.90 Å². The van der Waals surface area contributed by atoms with E-state index in [1.165, 1.54) is 49.9 Å². The molecule has 3 heterocycles. The summed E-state index contributed by atoms with van der Waals surface area (Å²) in [6, 6.07) is 7.05. The van der Waals surface area contributed by atoms with Crippen LogP contribution in [-0.2, 0) is 0 Å².